The molecule has 0 rings (SSSR count). The van der Waals surface area contributed by atoms with E-state index >= 15 is 0 Å². The Balaban J connectivity index is 0. The van der Waals surface area contributed by atoms with Gasteiger partial charge in [0, 0.05) is 21.1 Å². The average Bonchev–Trinajstić information content (AvgIpc) is 0.811. The van der Waals surface area contributed by atoms with E-state index in [4.69, 9.17) is 5.73 Å². The van der Waals surface area contributed by atoms with E-state index in [2.05, 4.69) is 19.1 Å². The minimum absolute atomic E-state index is 0. The average molecular weight is 258 g/mol. The second-order valence-corrected chi connectivity index (χ2v) is 0.991. The van der Waals surface area contributed by atoms with Crippen molar-refractivity contribution in [1.29, 1.82) is 0 Å². The van der Waals surface area contributed by atoms with Gasteiger partial charge in [-0.15, -0.1) is 12.2 Å². The molecule has 0 aliphatic carbocycles. The Labute approximate surface area is 51.2 Å². The molecule has 30 valence electrons. The molecule has 0 saturated carbocycles. The van der Waals surface area contributed by atoms with E-state index in [-0.39, 0.29) is 26.1 Å². The second-order valence-electron chi connectivity index (χ2n) is 0.466. The van der Waals surface area contributed by atoms with Gasteiger partial charge in [-0.05, 0) is 0 Å². The van der Waals surface area contributed by atoms with Crippen LogP contribution < -0.4 is 5.73 Å². The fraction of sp³-hybridized carbons (Fsp3) is 0. The van der Waals surface area contributed by atoms with Crippen LogP contribution in [0.15, 0.2) is 0 Å². The predicted molar refractivity (Wildman–Crippen MR) is 22.1 cm³/mol. The van der Waals surface area contributed by atoms with E-state index in [0.717, 1.165) is 0 Å². The van der Waals surface area contributed by atoms with Crippen LogP contribution in [-0.2, 0) is 21.1 Å². The Bertz CT molecular complexity index is 32.6. The summed E-state index contributed by atoms with van der Waals surface area (Å²) in [6, 6.07) is 0. The minimum Gasteiger partial charge on any atom is -0.418 e. The van der Waals surface area contributed by atoms with E-state index < -0.39 is 0 Å². The molecule has 3 heteroatoms. The molecule has 5 heavy (non-hydrogen) atoms. The summed E-state index contributed by atoms with van der Waals surface area (Å²) in [5, 5.41) is 0. The molecule has 1 nitrogen and oxygen atoms in total. The maximum atomic E-state index is 4.73. The summed E-state index contributed by atoms with van der Waals surface area (Å²) < 4.78 is 0. The van der Waals surface area contributed by atoms with E-state index in [9.17, 15) is 0 Å². The molecule has 0 saturated heterocycles. The van der Waals surface area contributed by atoms with Gasteiger partial charge in [0.15, 0.2) is 0 Å². The zero-order valence-electron chi connectivity index (χ0n) is 2.60. The van der Waals surface area contributed by atoms with Gasteiger partial charge in [0.05, 0.1) is 0 Å². The summed E-state index contributed by atoms with van der Waals surface area (Å²) in [6.45, 7) is 3.15. The van der Waals surface area contributed by atoms with E-state index in [1.54, 1.807) is 0 Å². The van der Waals surface area contributed by atoms with Gasteiger partial charge in [-0.25, -0.2) is 0 Å². The maximum Gasteiger partial charge on any atom is 0 e. The van der Waals surface area contributed by atoms with Crippen molar-refractivity contribution >= 4 is 17.2 Å². The van der Waals surface area contributed by atoms with Gasteiger partial charge < -0.3 is 12.7 Å². The number of thiocarbonyl (C=S) groups is 1. The molecule has 0 fully saturated rings. The normalized spacial score (nSPS) is 4.80. The second kappa shape index (κ2) is 4.45. The molecule has 0 aromatic carbocycles. The van der Waals surface area contributed by atoms with E-state index in [0.29, 0.717) is 0 Å². The Morgan fingerprint density at radius 3 is 1.80 bits per heavy atom. The Morgan fingerprint density at radius 2 is 1.80 bits per heavy atom. The van der Waals surface area contributed by atoms with Crippen molar-refractivity contribution in [3.63, 3.8) is 0 Å². The first-order valence-electron chi connectivity index (χ1n) is 0.846. The van der Waals surface area contributed by atoms with Crippen LogP contribution in [0, 0.1) is 6.92 Å². The fourth-order valence-corrected chi connectivity index (χ4v) is 0. The van der Waals surface area contributed by atoms with E-state index in [1.165, 1.54) is 0 Å². The van der Waals surface area contributed by atoms with Crippen LogP contribution in [0.25, 0.3) is 0 Å². The summed E-state index contributed by atoms with van der Waals surface area (Å²) in [7, 11) is 0. The molecule has 0 radical (unpaired) electrons. The number of rotatable bonds is 0. The van der Waals surface area contributed by atoms with Crippen molar-refractivity contribution in [3.05, 3.63) is 6.92 Å². The van der Waals surface area contributed by atoms with Gasteiger partial charge in [0.2, 0.25) is 0 Å². The third-order valence-electron chi connectivity index (χ3n) is 0. The van der Waals surface area contributed by atoms with Gasteiger partial charge in [0.1, 0.15) is 0 Å². The van der Waals surface area contributed by atoms with E-state index in [1.807, 2.05) is 0 Å². The largest absolute Gasteiger partial charge is 0.418 e. The predicted octanol–water partition coefficient (Wildman–Crippen LogP) is 0.104. The molecule has 0 aromatic rings. The third kappa shape index (κ3) is 133. The Morgan fingerprint density at radius 1 is 1.80 bits per heavy atom. The topological polar surface area (TPSA) is 26.0 Å². The molecular formula is C2H4NSW-. The van der Waals surface area contributed by atoms with Crippen LogP contribution in [-0.4, -0.2) is 4.99 Å². The third-order valence-corrected chi connectivity index (χ3v) is 0. The minimum atomic E-state index is 0. The maximum absolute atomic E-state index is 4.73. The molecule has 0 aliphatic heterocycles. The van der Waals surface area contributed by atoms with Crippen molar-refractivity contribution in [3.8, 4) is 0 Å². The van der Waals surface area contributed by atoms with Crippen LogP contribution in [0.1, 0.15) is 0 Å². The summed E-state index contributed by atoms with van der Waals surface area (Å²) in [5.74, 6) is 0. The molecule has 2 N–H and O–H groups in total. The van der Waals surface area contributed by atoms with Gasteiger partial charge in [0.25, 0.3) is 0 Å². The van der Waals surface area contributed by atoms with Gasteiger partial charge in [-0.3, -0.25) is 0 Å². The SMILES string of the molecule is [CH2-]C(N)=S.[W]. The fourth-order valence-electron chi connectivity index (χ4n) is 0. The first kappa shape index (κ1) is 9.07. The molecule has 0 atom stereocenters. The number of hydrogen-bond acceptors (Lipinski definition) is 1. The van der Waals surface area contributed by atoms with Crippen molar-refractivity contribution in [2.75, 3.05) is 0 Å². The molecule has 0 spiro atoms. The van der Waals surface area contributed by atoms with Crippen molar-refractivity contribution < 1.29 is 21.1 Å². The molecule has 0 aromatic heterocycles. The first-order chi connectivity index (χ1) is 1.73. The molecular weight excluding hydrogens is 254 g/mol. The summed E-state index contributed by atoms with van der Waals surface area (Å²) >= 11 is 4.20. The smallest absolute Gasteiger partial charge is 0 e. The van der Waals surface area contributed by atoms with Crippen LogP contribution in [0.5, 0.6) is 0 Å². The standard InChI is InChI=1S/C2H4NS.W/c1-2(3)4;/h1H2,(H2,3,4);/q-1;. The number of nitrogens with two attached hydrogens (primary N) is 1. The van der Waals surface area contributed by atoms with Crippen LogP contribution in [0.4, 0.5) is 0 Å². The summed E-state index contributed by atoms with van der Waals surface area (Å²) in [6.07, 6.45) is 0. The van der Waals surface area contributed by atoms with Crippen LogP contribution >= 0.6 is 12.2 Å². The van der Waals surface area contributed by atoms with Gasteiger partial charge in [-0.1, -0.05) is 4.99 Å². The monoisotopic (exact) mass is 258 g/mol. The summed E-state index contributed by atoms with van der Waals surface area (Å²) in [4.78, 5) is 0.250. The Hall–Kier alpha value is 0.448. The van der Waals surface area contributed by atoms with Crippen LogP contribution in [0.3, 0.4) is 0 Å². The molecule has 0 bridgehead atoms. The van der Waals surface area contributed by atoms with Crippen molar-refractivity contribution in [1.82, 2.24) is 0 Å². The van der Waals surface area contributed by atoms with Crippen molar-refractivity contribution in [2.45, 2.75) is 0 Å². The quantitative estimate of drug-likeness (QED) is 0.492. The van der Waals surface area contributed by atoms with Gasteiger partial charge >= 0.3 is 0 Å². The molecule has 0 heterocycles. The van der Waals surface area contributed by atoms with Crippen LogP contribution in [0.2, 0.25) is 0 Å². The zero-order chi connectivity index (χ0) is 3.58. The molecule has 0 aliphatic rings. The summed E-state index contributed by atoms with van der Waals surface area (Å²) in [5.41, 5.74) is 4.73. The zero-order valence-corrected chi connectivity index (χ0v) is 6.35. The molecule has 0 amide bonds. The first-order valence-corrected chi connectivity index (χ1v) is 1.25. The van der Waals surface area contributed by atoms with Gasteiger partial charge in [-0.2, -0.15) is 0 Å². The number of hydrogen-bond donors (Lipinski definition) is 1. The Kier molecular flexibility index (Phi) is 8.07. The van der Waals surface area contributed by atoms with Crippen molar-refractivity contribution in [2.24, 2.45) is 5.73 Å². The molecule has 0 unspecified atom stereocenters.